The van der Waals surface area contributed by atoms with Crippen LogP contribution in [0.25, 0.3) is 11.0 Å². The van der Waals surface area contributed by atoms with Gasteiger partial charge in [-0.05, 0) is 31.2 Å². The third-order valence-corrected chi connectivity index (χ3v) is 3.93. The Kier molecular flexibility index (Phi) is 3.87. The summed E-state index contributed by atoms with van der Waals surface area (Å²) < 4.78 is 13.2. The number of hydrogen-bond donors (Lipinski definition) is 1. The first-order chi connectivity index (χ1) is 9.76. The first-order valence-corrected chi connectivity index (χ1v) is 7.39. The van der Waals surface area contributed by atoms with Crippen LogP contribution in [0.5, 0.6) is 0 Å². The number of unbranched alkanes of at least 4 members (excludes halogenated alkanes) is 1. The van der Waals surface area contributed by atoms with Crippen LogP contribution in [-0.4, -0.2) is 47.6 Å². The molecule has 1 fully saturated rings. The van der Waals surface area contributed by atoms with Gasteiger partial charge in [-0.25, -0.2) is 9.37 Å². The first kappa shape index (κ1) is 13.4. The number of aromatic amines is 1. The molecule has 3 rings (SSSR count). The number of benzene rings is 1. The second-order valence-corrected chi connectivity index (χ2v) is 5.40. The minimum absolute atomic E-state index is 0.225. The van der Waals surface area contributed by atoms with Crippen LogP contribution in [0.1, 0.15) is 19.8 Å². The van der Waals surface area contributed by atoms with Gasteiger partial charge in [0.15, 0.2) is 0 Å². The van der Waals surface area contributed by atoms with Gasteiger partial charge in [0.1, 0.15) is 5.82 Å². The van der Waals surface area contributed by atoms with Crippen LogP contribution in [0.3, 0.4) is 0 Å². The van der Waals surface area contributed by atoms with E-state index in [0.29, 0.717) is 0 Å². The smallest absolute Gasteiger partial charge is 0.203 e. The SMILES string of the molecule is CCCCN1CCN(c2nc3ccc(F)cc3[nH]2)CC1. The number of halogens is 1. The van der Waals surface area contributed by atoms with Crippen LogP contribution in [0.15, 0.2) is 18.2 Å². The quantitative estimate of drug-likeness (QED) is 0.932. The van der Waals surface area contributed by atoms with Gasteiger partial charge in [-0.3, -0.25) is 4.90 Å². The van der Waals surface area contributed by atoms with Crippen LogP contribution >= 0.6 is 0 Å². The number of anilines is 1. The Morgan fingerprint density at radius 2 is 2.05 bits per heavy atom. The summed E-state index contributed by atoms with van der Waals surface area (Å²) in [4.78, 5) is 12.5. The summed E-state index contributed by atoms with van der Waals surface area (Å²) in [5, 5.41) is 0. The van der Waals surface area contributed by atoms with Crippen molar-refractivity contribution in [3.8, 4) is 0 Å². The molecule has 0 amide bonds. The van der Waals surface area contributed by atoms with E-state index >= 15 is 0 Å². The molecule has 5 heteroatoms. The summed E-state index contributed by atoms with van der Waals surface area (Å²) in [6.45, 7) is 7.52. The van der Waals surface area contributed by atoms with Gasteiger partial charge in [-0.2, -0.15) is 0 Å². The lowest BCUT2D eigenvalue weighted by atomic mass is 10.2. The van der Waals surface area contributed by atoms with Crippen molar-refractivity contribution in [3.05, 3.63) is 24.0 Å². The van der Waals surface area contributed by atoms with E-state index in [9.17, 15) is 4.39 Å². The topological polar surface area (TPSA) is 35.2 Å². The van der Waals surface area contributed by atoms with Crippen molar-refractivity contribution in [3.63, 3.8) is 0 Å². The van der Waals surface area contributed by atoms with Crippen LogP contribution in [0, 0.1) is 5.82 Å². The van der Waals surface area contributed by atoms with E-state index in [1.807, 2.05) is 0 Å². The molecule has 20 heavy (non-hydrogen) atoms. The zero-order valence-corrected chi connectivity index (χ0v) is 11.9. The maximum Gasteiger partial charge on any atom is 0.203 e. The molecule has 0 saturated carbocycles. The van der Waals surface area contributed by atoms with Crippen molar-refractivity contribution in [2.24, 2.45) is 0 Å². The average Bonchev–Trinajstić information content (AvgIpc) is 2.88. The third-order valence-electron chi connectivity index (χ3n) is 3.93. The van der Waals surface area contributed by atoms with Crippen molar-refractivity contribution < 1.29 is 4.39 Å². The Bertz CT molecular complexity index is 572. The number of rotatable bonds is 4. The maximum atomic E-state index is 13.2. The predicted octanol–water partition coefficient (Wildman–Crippen LogP) is 2.62. The van der Waals surface area contributed by atoms with Gasteiger partial charge < -0.3 is 9.88 Å². The highest BCUT2D eigenvalue weighted by atomic mass is 19.1. The minimum atomic E-state index is -0.225. The molecule has 0 aliphatic carbocycles. The highest BCUT2D eigenvalue weighted by Crippen LogP contribution is 2.19. The van der Waals surface area contributed by atoms with Gasteiger partial charge in [-0.15, -0.1) is 0 Å². The van der Waals surface area contributed by atoms with E-state index in [-0.39, 0.29) is 5.82 Å². The molecule has 0 atom stereocenters. The Morgan fingerprint density at radius 1 is 1.25 bits per heavy atom. The van der Waals surface area contributed by atoms with Gasteiger partial charge >= 0.3 is 0 Å². The molecule has 108 valence electrons. The number of imidazole rings is 1. The number of nitrogens with zero attached hydrogens (tertiary/aromatic N) is 3. The van der Waals surface area contributed by atoms with Gasteiger partial charge in [-0.1, -0.05) is 13.3 Å². The lowest BCUT2D eigenvalue weighted by Crippen LogP contribution is -2.47. The number of fused-ring (bicyclic) bond motifs is 1. The fraction of sp³-hybridized carbons (Fsp3) is 0.533. The number of nitrogens with one attached hydrogen (secondary N) is 1. The molecule has 2 heterocycles. The van der Waals surface area contributed by atoms with E-state index in [0.717, 1.165) is 43.2 Å². The molecule has 1 aliphatic heterocycles. The van der Waals surface area contributed by atoms with Gasteiger partial charge in [0, 0.05) is 26.2 Å². The second kappa shape index (κ2) is 5.79. The molecule has 0 unspecified atom stereocenters. The highest BCUT2D eigenvalue weighted by Gasteiger charge is 2.19. The monoisotopic (exact) mass is 276 g/mol. The second-order valence-electron chi connectivity index (χ2n) is 5.40. The molecule has 2 aromatic rings. The molecule has 1 aromatic heterocycles. The summed E-state index contributed by atoms with van der Waals surface area (Å²) in [7, 11) is 0. The minimum Gasteiger partial charge on any atom is -0.340 e. The molecular weight excluding hydrogens is 255 g/mol. The van der Waals surface area contributed by atoms with E-state index in [4.69, 9.17) is 0 Å². The Morgan fingerprint density at radius 3 is 2.80 bits per heavy atom. The lowest BCUT2D eigenvalue weighted by Gasteiger charge is -2.34. The van der Waals surface area contributed by atoms with E-state index in [1.165, 1.54) is 31.5 Å². The van der Waals surface area contributed by atoms with E-state index in [2.05, 4.69) is 26.7 Å². The van der Waals surface area contributed by atoms with Crippen molar-refractivity contribution in [2.75, 3.05) is 37.6 Å². The summed E-state index contributed by atoms with van der Waals surface area (Å²) in [6.07, 6.45) is 2.51. The Labute approximate surface area is 118 Å². The van der Waals surface area contributed by atoms with Crippen LogP contribution in [0.4, 0.5) is 10.3 Å². The molecule has 0 spiro atoms. The average molecular weight is 276 g/mol. The fourth-order valence-electron chi connectivity index (χ4n) is 2.68. The van der Waals surface area contributed by atoms with Crippen LogP contribution in [-0.2, 0) is 0 Å². The molecule has 1 aromatic carbocycles. The predicted molar refractivity (Wildman–Crippen MR) is 79.6 cm³/mol. The number of H-pyrrole nitrogens is 1. The normalized spacial score (nSPS) is 17.0. The molecule has 0 radical (unpaired) electrons. The van der Waals surface area contributed by atoms with Gasteiger partial charge in [0.2, 0.25) is 5.95 Å². The highest BCUT2D eigenvalue weighted by molar-refractivity contribution is 5.77. The number of aromatic nitrogens is 2. The van der Waals surface area contributed by atoms with Crippen molar-refractivity contribution >= 4 is 17.0 Å². The Hall–Kier alpha value is -1.62. The lowest BCUT2D eigenvalue weighted by molar-refractivity contribution is 0.253. The summed E-state index contributed by atoms with van der Waals surface area (Å²) in [5.74, 6) is 0.637. The Balaban J connectivity index is 1.67. The standard InChI is InChI=1S/C15H21FN4/c1-2-3-6-19-7-9-20(10-8-19)15-17-13-5-4-12(16)11-14(13)18-15/h4-5,11H,2-3,6-10H2,1H3,(H,17,18). The molecule has 0 bridgehead atoms. The third kappa shape index (κ3) is 2.77. The van der Waals surface area contributed by atoms with Crippen molar-refractivity contribution in [2.45, 2.75) is 19.8 Å². The van der Waals surface area contributed by atoms with Crippen molar-refractivity contribution in [1.29, 1.82) is 0 Å². The maximum absolute atomic E-state index is 13.2. The molecule has 1 N–H and O–H groups in total. The molecule has 1 saturated heterocycles. The van der Waals surface area contributed by atoms with Crippen molar-refractivity contribution in [1.82, 2.24) is 14.9 Å². The van der Waals surface area contributed by atoms with Crippen LogP contribution < -0.4 is 4.90 Å². The fourth-order valence-corrected chi connectivity index (χ4v) is 2.68. The molecule has 1 aliphatic rings. The first-order valence-electron chi connectivity index (χ1n) is 7.39. The number of hydrogen-bond acceptors (Lipinski definition) is 3. The van der Waals surface area contributed by atoms with E-state index in [1.54, 1.807) is 6.07 Å². The summed E-state index contributed by atoms with van der Waals surface area (Å²) in [6, 6.07) is 4.68. The molecular formula is C15H21FN4. The van der Waals surface area contributed by atoms with Gasteiger partial charge in [0.05, 0.1) is 11.0 Å². The summed E-state index contributed by atoms with van der Waals surface area (Å²) >= 11 is 0. The van der Waals surface area contributed by atoms with Gasteiger partial charge in [0.25, 0.3) is 0 Å². The van der Waals surface area contributed by atoms with Crippen LogP contribution in [0.2, 0.25) is 0 Å². The van der Waals surface area contributed by atoms with E-state index < -0.39 is 0 Å². The molecule has 4 nitrogen and oxygen atoms in total. The zero-order valence-electron chi connectivity index (χ0n) is 11.9. The summed E-state index contributed by atoms with van der Waals surface area (Å²) in [5.41, 5.74) is 1.60. The largest absolute Gasteiger partial charge is 0.340 e. The zero-order chi connectivity index (χ0) is 13.9. The number of piperazine rings is 1.